The Balaban J connectivity index is 1.95. The van der Waals surface area contributed by atoms with Crippen LogP contribution >= 0.6 is 27.5 Å². The van der Waals surface area contributed by atoms with Crippen LogP contribution in [0.3, 0.4) is 0 Å². The second-order valence-corrected chi connectivity index (χ2v) is 12.8. The number of rotatable bonds is 9. The zero-order valence-corrected chi connectivity index (χ0v) is 24.6. The number of carbonyl (C=O) groups is 2. The van der Waals surface area contributed by atoms with Gasteiger partial charge in [0.15, 0.2) is 0 Å². The molecule has 1 aliphatic carbocycles. The molecule has 2 aromatic carbocycles. The molecule has 0 spiro atoms. The van der Waals surface area contributed by atoms with E-state index in [0.29, 0.717) is 15.9 Å². The van der Waals surface area contributed by atoms with Gasteiger partial charge in [0.1, 0.15) is 12.6 Å². The molecule has 2 amide bonds. The third-order valence-corrected chi connectivity index (χ3v) is 8.52. The summed E-state index contributed by atoms with van der Waals surface area (Å²) in [7, 11) is -4.25. The van der Waals surface area contributed by atoms with Crippen molar-refractivity contribution in [2.75, 3.05) is 17.1 Å². The van der Waals surface area contributed by atoms with E-state index in [2.05, 4.69) is 21.2 Å². The average molecular weight is 653 g/mol. The zero-order chi connectivity index (χ0) is 29.0. The van der Waals surface area contributed by atoms with Crippen molar-refractivity contribution in [1.82, 2.24) is 10.2 Å². The molecule has 1 saturated carbocycles. The summed E-state index contributed by atoms with van der Waals surface area (Å²) in [6.45, 7) is 0.649. The molecule has 0 saturated heterocycles. The molecule has 0 bridgehead atoms. The summed E-state index contributed by atoms with van der Waals surface area (Å²) < 4.78 is 66.8. The summed E-state index contributed by atoms with van der Waals surface area (Å²) in [5.74, 6) is -1.17. The van der Waals surface area contributed by atoms with E-state index < -0.39 is 51.9 Å². The second kappa shape index (κ2) is 12.9. The van der Waals surface area contributed by atoms with Gasteiger partial charge in [0.05, 0.1) is 22.5 Å². The Bertz CT molecular complexity index is 1300. The van der Waals surface area contributed by atoms with E-state index in [1.54, 1.807) is 24.3 Å². The van der Waals surface area contributed by atoms with E-state index in [9.17, 15) is 31.2 Å². The van der Waals surface area contributed by atoms with Gasteiger partial charge in [-0.2, -0.15) is 13.2 Å². The van der Waals surface area contributed by atoms with Crippen LogP contribution in [0.1, 0.15) is 50.2 Å². The highest BCUT2D eigenvalue weighted by Gasteiger charge is 2.35. The van der Waals surface area contributed by atoms with Crippen molar-refractivity contribution in [3.05, 3.63) is 63.1 Å². The van der Waals surface area contributed by atoms with Crippen molar-refractivity contribution in [3.8, 4) is 0 Å². The molecule has 0 unspecified atom stereocenters. The molecule has 7 nitrogen and oxygen atoms in total. The number of benzene rings is 2. The minimum atomic E-state index is -4.76. The molecule has 214 valence electrons. The number of hydrogen-bond donors (Lipinski definition) is 1. The largest absolute Gasteiger partial charge is 0.416 e. The molecule has 1 fully saturated rings. The molecule has 1 N–H and O–H groups in total. The van der Waals surface area contributed by atoms with Crippen molar-refractivity contribution < 1.29 is 31.2 Å². The fourth-order valence-electron chi connectivity index (χ4n) is 4.46. The Morgan fingerprint density at radius 3 is 2.38 bits per heavy atom. The van der Waals surface area contributed by atoms with Crippen LogP contribution in [0.15, 0.2) is 46.9 Å². The smallest absolute Gasteiger partial charge is 0.352 e. The van der Waals surface area contributed by atoms with Crippen molar-refractivity contribution >= 4 is 55.1 Å². The predicted molar refractivity (Wildman–Crippen MR) is 148 cm³/mol. The molecule has 1 aliphatic rings. The fourth-order valence-corrected chi connectivity index (χ4v) is 6.03. The first-order chi connectivity index (χ1) is 18.2. The summed E-state index contributed by atoms with van der Waals surface area (Å²) >= 11 is 9.48. The number of sulfonamides is 1. The highest BCUT2D eigenvalue weighted by atomic mass is 79.9. The van der Waals surface area contributed by atoms with Gasteiger partial charge < -0.3 is 10.2 Å². The first-order valence-electron chi connectivity index (χ1n) is 12.4. The lowest BCUT2D eigenvalue weighted by molar-refractivity contribution is -0.139. The normalized spacial score (nSPS) is 15.5. The number of amides is 2. The Morgan fingerprint density at radius 1 is 1.13 bits per heavy atom. The maximum Gasteiger partial charge on any atom is 0.416 e. The fraction of sp³-hybridized carbons (Fsp3) is 0.462. The third kappa shape index (κ3) is 8.59. The maximum atomic E-state index is 13.7. The molecular formula is C26H30BrClF3N3O4S. The number of nitrogens with zero attached hydrogens (tertiary/aromatic N) is 2. The van der Waals surface area contributed by atoms with Crippen LogP contribution in [-0.4, -0.2) is 50.0 Å². The third-order valence-electron chi connectivity index (χ3n) is 6.58. The number of carbonyl (C=O) groups excluding carboxylic acids is 2. The molecule has 0 aliphatic heterocycles. The Kier molecular flexibility index (Phi) is 10.3. The summed E-state index contributed by atoms with van der Waals surface area (Å²) in [4.78, 5) is 28.1. The lowest BCUT2D eigenvalue weighted by atomic mass is 9.95. The maximum absolute atomic E-state index is 13.7. The van der Waals surface area contributed by atoms with Crippen LogP contribution in [0.25, 0.3) is 0 Å². The topological polar surface area (TPSA) is 86.8 Å². The summed E-state index contributed by atoms with van der Waals surface area (Å²) in [5.41, 5.74) is -0.934. The standard InChI is InChI=1S/C26H30BrClF3N3O4S/c1-17(25(36)32-21-9-4-3-5-10-21)33(15-18-7-6-8-20(27)13-18)24(35)16-34(39(2,37)38)23-14-19(26(29,30)31)11-12-22(23)28/h6-8,11-14,17,21H,3-5,9-10,15-16H2,1-2H3,(H,32,36)/t17-/m0/s1. The van der Waals surface area contributed by atoms with Crippen molar-refractivity contribution in [2.45, 2.75) is 63.8 Å². The molecule has 1 atom stereocenters. The summed E-state index contributed by atoms with van der Waals surface area (Å²) in [6.07, 6.45) is 0.735. The first-order valence-corrected chi connectivity index (χ1v) is 15.4. The van der Waals surface area contributed by atoms with Gasteiger partial charge in [-0.05, 0) is 55.7 Å². The Labute approximate surface area is 239 Å². The van der Waals surface area contributed by atoms with Crippen molar-refractivity contribution in [2.24, 2.45) is 0 Å². The van der Waals surface area contributed by atoms with Crippen LogP contribution < -0.4 is 9.62 Å². The Morgan fingerprint density at radius 2 is 1.79 bits per heavy atom. The minimum Gasteiger partial charge on any atom is -0.352 e. The summed E-state index contributed by atoms with van der Waals surface area (Å²) in [5, 5.41) is 2.70. The van der Waals surface area contributed by atoms with Crippen molar-refractivity contribution in [1.29, 1.82) is 0 Å². The van der Waals surface area contributed by atoms with E-state index in [1.165, 1.54) is 11.8 Å². The number of hydrogen-bond acceptors (Lipinski definition) is 4. The SMILES string of the molecule is C[C@@H](C(=O)NC1CCCCC1)N(Cc1cccc(Br)c1)C(=O)CN(c1cc(C(F)(F)F)ccc1Cl)S(C)(=O)=O. The number of nitrogens with one attached hydrogen (secondary N) is 1. The van der Waals surface area contributed by atoms with Gasteiger partial charge in [-0.1, -0.05) is 58.9 Å². The lowest BCUT2D eigenvalue weighted by Crippen LogP contribution is -2.53. The number of alkyl halides is 3. The van der Waals surface area contributed by atoms with Crippen LogP contribution in [0.2, 0.25) is 5.02 Å². The first kappa shape index (κ1) is 31.2. The van der Waals surface area contributed by atoms with E-state index in [0.717, 1.165) is 55.0 Å². The molecule has 3 rings (SSSR count). The highest BCUT2D eigenvalue weighted by molar-refractivity contribution is 9.10. The lowest BCUT2D eigenvalue weighted by Gasteiger charge is -2.33. The second-order valence-electron chi connectivity index (χ2n) is 9.60. The number of anilines is 1. The van der Waals surface area contributed by atoms with Crippen LogP contribution in [0, 0.1) is 0 Å². The molecular weight excluding hydrogens is 623 g/mol. The van der Waals surface area contributed by atoms with Gasteiger partial charge in [0.2, 0.25) is 21.8 Å². The Hall–Kier alpha value is -2.31. The van der Waals surface area contributed by atoms with E-state index in [4.69, 9.17) is 11.6 Å². The quantitative estimate of drug-likeness (QED) is 0.374. The van der Waals surface area contributed by atoms with E-state index in [1.807, 2.05) is 0 Å². The molecule has 2 aromatic rings. The van der Waals surface area contributed by atoms with E-state index in [-0.39, 0.29) is 17.6 Å². The molecule has 39 heavy (non-hydrogen) atoms. The molecule has 0 radical (unpaired) electrons. The molecule has 0 aromatic heterocycles. The van der Waals surface area contributed by atoms with Gasteiger partial charge in [-0.3, -0.25) is 13.9 Å². The number of halogens is 5. The van der Waals surface area contributed by atoms with Gasteiger partial charge in [0, 0.05) is 17.1 Å². The average Bonchev–Trinajstić information content (AvgIpc) is 2.85. The monoisotopic (exact) mass is 651 g/mol. The van der Waals surface area contributed by atoms with Gasteiger partial charge in [-0.15, -0.1) is 0 Å². The van der Waals surface area contributed by atoms with Crippen molar-refractivity contribution in [3.63, 3.8) is 0 Å². The zero-order valence-electron chi connectivity index (χ0n) is 21.5. The van der Waals surface area contributed by atoms with Crippen LogP contribution in [0.4, 0.5) is 18.9 Å². The molecule has 0 heterocycles. The van der Waals surface area contributed by atoms with Gasteiger partial charge >= 0.3 is 6.18 Å². The van der Waals surface area contributed by atoms with Gasteiger partial charge in [0.25, 0.3) is 0 Å². The van der Waals surface area contributed by atoms with Crippen LogP contribution in [0.5, 0.6) is 0 Å². The van der Waals surface area contributed by atoms with Crippen LogP contribution in [-0.2, 0) is 32.3 Å². The predicted octanol–water partition coefficient (Wildman–Crippen LogP) is 5.75. The minimum absolute atomic E-state index is 0.0204. The van der Waals surface area contributed by atoms with E-state index >= 15 is 0 Å². The highest BCUT2D eigenvalue weighted by Crippen LogP contribution is 2.36. The van der Waals surface area contributed by atoms with Gasteiger partial charge in [-0.25, -0.2) is 8.42 Å². The molecule has 13 heteroatoms. The summed E-state index contributed by atoms with van der Waals surface area (Å²) in [6, 6.07) is 8.28.